The number of fused-ring (bicyclic) bond motifs is 1. The van der Waals surface area contributed by atoms with E-state index < -0.39 is 15.9 Å². The SMILES string of the molecule is CN(C1CCCCC1)S(=O)(=O)c1ccc(NC(=O)Cn2cnc3ccsc3c2=O)cc1. The summed E-state index contributed by atoms with van der Waals surface area (Å²) in [6.07, 6.45) is 6.38. The topological polar surface area (TPSA) is 101 Å². The van der Waals surface area contributed by atoms with Gasteiger partial charge in [0.25, 0.3) is 5.56 Å². The third-order valence-electron chi connectivity index (χ3n) is 5.65. The summed E-state index contributed by atoms with van der Waals surface area (Å²) in [4.78, 5) is 29.2. The number of thiophene rings is 1. The zero-order valence-corrected chi connectivity index (χ0v) is 18.8. The van der Waals surface area contributed by atoms with Crippen molar-refractivity contribution in [1.29, 1.82) is 0 Å². The normalized spacial score (nSPS) is 15.4. The maximum atomic E-state index is 12.9. The Hall–Kier alpha value is -2.56. The molecule has 0 atom stereocenters. The predicted molar refractivity (Wildman–Crippen MR) is 121 cm³/mol. The van der Waals surface area contributed by atoms with Gasteiger partial charge >= 0.3 is 0 Å². The van der Waals surface area contributed by atoms with E-state index in [1.54, 1.807) is 30.6 Å². The summed E-state index contributed by atoms with van der Waals surface area (Å²) in [5.74, 6) is -0.394. The third kappa shape index (κ3) is 4.56. The standard InChI is InChI=1S/C21H24N4O4S2/c1-24(16-5-3-2-4-6-16)31(28,29)17-9-7-15(8-10-17)23-19(26)13-25-14-22-18-11-12-30-20(18)21(25)27/h7-12,14,16H,2-6,13H2,1H3,(H,23,26). The number of sulfonamides is 1. The smallest absolute Gasteiger partial charge is 0.271 e. The van der Waals surface area contributed by atoms with Crippen LogP contribution in [0.2, 0.25) is 0 Å². The fourth-order valence-corrected chi connectivity index (χ4v) is 6.07. The quantitative estimate of drug-likeness (QED) is 0.609. The highest BCUT2D eigenvalue weighted by atomic mass is 32.2. The van der Waals surface area contributed by atoms with Crippen LogP contribution in [0.4, 0.5) is 5.69 Å². The van der Waals surface area contributed by atoms with Crippen LogP contribution in [0.5, 0.6) is 0 Å². The predicted octanol–water partition coefficient (Wildman–Crippen LogP) is 3.05. The van der Waals surface area contributed by atoms with Crippen molar-refractivity contribution in [2.75, 3.05) is 12.4 Å². The van der Waals surface area contributed by atoms with E-state index in [0.29, 0.717) is 15.9 Å². The molecule has 0 bridgehead atoms. The van der Waals surface area contributed by atoms with Crippen LogP contribution in [0.3, 0.4) is 0 Å². The van der Waals surface area contributed by atoms with E-state index in [9.17, 15) is 18.0 Å². The molecule has 4 rings (SSSR count). The van der Waals surface area contributed by atoms with E-state index in [1.807, 2.05) is 0 Å². The van der Waals surface area contributed by atoms with E-state index in [0.717, 1.165) is 32.1 Å². The summed E-state index contributed by atoms with van der Waals surface area (Å²) < 4.78 is 29.1. The maximum Gasteiger partial charge on any atom is 0.271 e. The van der Waals surface area contributed by atoms with Crippen LogP contribution in [-0.2, 0) is 21.4 Å². The first-order valence-corrected chi connectivity index (χ1v) is 12.5. The lowest BCUT2D eigenvalue weighted by atomic mass is 9.96. The molecule has 0 saturated heterocycles. The molecule has 1 aliphatic carbocycles. The first kappa shape index (κ1) is 21.7. The van der Waals surface area contributed by atoms with Crippen LogP contribution in [0.25, 0.3) is 10.2 Å². The van der Waals surface area contributed by atoms with Crippen LogP contribution in [-0.4, -0.2) is 41.3 Å². The number of hydrogen-bond donors (Lipinski definition) is 1. The summed E-state index contributed by atoms with van der Waals surface area (Å²) in [6, 6.07) is 7.90. The Balaban J connectivity index is 1.43. The number of nitrogens with one attached hydrogen (secondary N) is 1. The molecule has 0 aliphatic heterocycles. The molecule has 1 fully saturated rings. The third-order valence-corrected chi connectivity index (χ3v) is 8.47. The van der Waals surface area contributed by atoms with Gasteiger partial charge in [0.05, 0.1) is 16.7 Å². The monoisotopic (exact) mass is 460 g/mol. The average molecular weight is 461 g/mol. The summed E-state index contributed by atoms with van der Waals surface area (Å²) in [5, 5.41) is 4.48. The summed E-state index contributed by atoms with van der Waals surface area (Å²) in [5.41, 5.74) is 0.812. The van der Waals surface area contributed by atoms with Crippen LogP contribution in [0.15, 0.2) is 51.7 Å². The molecule has 10 heteroatoms. The average Bonchev–Trinajstić information content (AvgIpc) is 3.26. The molecule has 2 aromatic heterocycles. The summed E-state index contributed by atoms with van der Waals surface area (Å²) in [7, 11) is -1.95. The zero-order valence-electron chi connectivity index (χ0n) is 17.2. The van der Waals surface area contributed by atoms with Gasteiger partial charge in [-0.3, -0.25) is 14.2 Å². The van der Waals surface area contributed by atoms with Gasteiger partial charge in [-0.05, 0) is 48.6 Å². The van der Waals surface area contributed by atoms with Gasteiger partial charge in [0, 0.05) is 18.8 Å². The zero-order chi connectivity index (χ0) is 22.0. The van der Waals surface area contributed by atoms with Crippen molar-refractivity contribution in [1.82, 2.24) is 13.9 Å². The van der Waals surface area contributed by atoms with Crippen LogP contribution >= 0.6 is 11.3 Å². The number of benzene rings is 1. The lowest BCUT2D eigenvalue weighted by Crippen LogP contribution is -2.38. The fraction of sp³-hybridized carbons (Fsp3) is 0.381. The van der Waals surface area contributed by atoms with E-state index in [2.05, 4.69) is 10.3 Å². The van der Waals surface area contributed by atoms with Gasteiger partial charge in [0.2, 0.25) is 15.9 Å². The van der Waals surface area contributed by atoms with E-state index >= 15 is 0 Å². The lowest BCUT2D eigenvalue weighted by Gasteiger charge is -2.30. The summed E-state index contributed by atoms with van der Waals surface area (Å²) in [6.45, 7) is -0.176. The molecule has 2 heterocycles. The van der Waals surface area contributed by atoms with Gasteiger partial charge < -0.3 is 5.32 Å². The second kappa shape index (κ2) is 8.89. The van der Waals surface area contributed by atoms with Crippen molar-refractivity contribution >= 4 is 43.2 Å². The number of hydrogen-bond acceptors (Lipinski definition) is 6. The van der Waals surface area contributed by atoms with Gasteiger partial charge in [0.1, 0.15) is 11.2 Å². The molecular formula is C21H24N4O4S2. The largest absolute Gasteiger partial charge is 0.325 e. The van der Waals surface area contributed by atoms with Crippen molar-refractivity contribution < 1.29 is 13.2 Å². The van der Waals surface area contributed by atoms with Crippen molar-refractivity contribution in [2.24, 2.45) is 0 Å². The Labute approximate surface area is 184 Å². The number of carbonyl (C=O) groups is 1. The van der Waals surface area contributed by atoms with Gasteiger partial charge in [-0.2, -0.15) is 4.31 Å². The molecule has 0 unspecified atom stereocenters. The Bertz CT molecular complexity index is 1240. The molecule has 0 spiro atoms. The number of amides is 1. The molecule has 8 nitrogen and oxygen atoms in total. The minimum atomic E-state index is -3.59. The van der Waals surface area contributed by atoms with Crippen molar-refractivity contribution in [2.45, 2.75) is 49.6 Å². The fourth-order valence-electron chi connectivity index (χ4n) is 3.86. The molecule has 1 N–H and O–H groups in total. The molecule has 1 saturated carbocycles. The molecule has 31 heavy (non-hydrogen) atoms. The Morgan fingerprint density at radius 1 is 1.19 bits per heavy atom. The second-order valence-corrected chi connectivity index (χ2v) is 10.6. The van der Waals surface area contributed by atoms with E-state index in [1.165, 1.54) is 38.7 Å². The molecule has 1 aliphatic rings. The Morgan fingerprint density at radius 3 is 2.61 bits per heavy atom. The first-order chi connectivity index (χ1) is 14.9. The highest BCUT2D eigenvalue weighted by molar-refractivity contribution is 7.89. The second-order valence-electron chi connectivity index (χ2n) is 7.70. The molecule has 1 aromatic carbocycles. The molecule has 3 aromatic rings. The van der Waals surface area contributed by atoms with Crippen molar-refractivity contribution in [3.63, 3.8) is 0 Å². The number of aromatic nitrogens is 2. The van der Waals surface area contributed by atoms with Crippen molar-refractivity contribution in [3.8, 4) is 0 Å². The van der Waals surface area contributed by atoms with E-state index in [4.69, 9.17) is 0 Å². The van der Waals surface area contributed by atoms with Gasteiger partial charge in [-0.15, -0.1) is 11.3 Å². The molecule has 0 radical (unpaired) electrons. The highest BCUT2D eigenvalue weighted by Gasteiger charge is 2.28. The first-order valence-electron chi connectivity index (χ1n) is 10.2. The lowest BCUT2D eigenvalue weighted by molar-refractivity contribution is -0.116. The minimum absolute atomic E-state index is 0.0331. The number of nitrogens with zero attached hydrogens (tertiary/aromatic N) is 3. The molecular weight excluding hydrogens is 436 g/mol. The van der Waals surface area contributed by atoms with Crippen LogP contribution in [0, 0.1) is 0 Å². The van der Waals surface area contributed by atoms with E-state index in [-0.39, 0.29) is 23.0 Å². The summed E-state index contributed by atoms with van der Waals surface area (Å²) >= 11 is 1.29. The van der Waals surface area contributed by atoms with Gasteiger partial charge in [0.15, 0.2) is 0 Å². The highest BCUT2D eigenvalue weighted by Crippen LogP contribution is 2.27. The molecule has 164 valence electrons. The van der Waals surface area contributed by atoms with Crippen molar-refractivity contribution in [3.05, 3.63) is 52.4 Å². The number of rotatable bonds is 6. The van der Waals surface area contributed by atoms with Gasteiger partial charge in [-0.1, -0.05) is 19.3 Å². The van der Waals surface area contributed by atoms with Crippen LogP contribution in [0.1, 0.15) is 32.1 Å². The van der Waals surface area contributed by atoms with Gasteiger partial charge in [-0.25, -0.2) is 13.4 Å². The molecule has 1 amide bonds. The minimum Gasteiger partial charge on any atom is -0.325 e. The maximum absolute atomic E-state index is 12.9. The Kier molecular flexibility index (Phi) is 6.22. The number of carbonyl (C=O) groups excluding carboxylic acids is 1. The number of anilines is 1. The van der Waals surface area contributed by atoms with Crippen LogP contribution < -0.4 is 10.9 Å². The Morgan fingerprint density at radius 2 is 1.90 bits per heavy atom.